The fourth-order valence-corrected chi connectivity index (χ4v) is 2.41. The first-order valence-electron chi connectivity index (χ1n) is 6.89. The van der Waals surface area contributed by atoms with Gasteiger partial charge < -0.3 is 0 Å². The van der Waals surface area contributed by atoms with Gasteiger partial charge in [-0.15, -0.1) is 0 Å². The monoisotopic (exact) mass is 259 g/mol. The first-order valence-corrected chi connectivity index (χ1v) is 6.89. The van der Waals surface area contributed by atoms with Crippen molar-refractivity contribution in [1.29, 1.82) is 0 Å². The van der Waals surface area contributed by atoms with Crippen molar-refractivity contribution in [3.63, 3.8) is 0 Å². The number of benzene rings is 2. The van der Waals surface area contributed by atoms with E-state index in [0.29, 0.717) is 0 Å². The summed E-state index contributed by atoms with van der Waals surface area (Å²) >= 11 is 0. The van der Waals surface area contributed by atoms with Gasteiger partial charge in [-0.1, -0.05) is 60.2 Å². The Bertz CT molecular complexity index is 691. The minimum absolute atomic E-state index is 0.983. The first kappa shape index (κ1) is 12.6. The maximum atomic E-state index is 4.56. The summed E-state index contributed by atoms with van der Waals surface area (Å²) in [5.74, 6) is 0. The molecule has 0 unspecified atom stereocenters. The van der Waals surface area contributed by atoms with Crippen molar-refractivity contribution in [3.8, 4) is 0 Å². The normalized spacial score (nSPS) is 14.4. The molecule has 2 aromatic carbocycles. The smallest absolute Gasteiger partial charge is 0.0629 e. The minimum Gasteiger partial charge on any atom is -0.256 e. The molecule has 1 heteroatoms. The van der Waals surface area contributed by atoms with Crippen LogP contribution in [-0.2, 0) is 0 Å². The largest absolute Gasteiger partial charge is 0.256 e. The maximum Gasteiger partial charge on any atom is 0.0629 e. The molecular weight excluding hydrogens is 242 g/mol. The minimum atomic E-state index is 0.983. The molecule has 0 aromatic heterocycles. The molecule has 3 rings (SSSR count). The Kier molecular flexibility index (Phi) is 3.60. The third-order valence-corrected chi connectivity index (χ3v) is 3.46. The Morgan fingerprint density at radius 2 is 1.70 bits per heavy atom. The van der Waals surface area contributed by atoms with Crippen LogP contribution in [0, 0.1) is 0 Å². The SMILES string of the molecule is CC1=CCC(c2ccccc2/C=N/c2ccccc2)=C1. The van der Waals surface area contributed by atoms with Crippen LogP contribution in [0.15, 0.2) is 77.3 Å². The second kappa shape index (κ2) is 5.70. The average molecular weight is 259 g/mol. The number of nitrogens with zero attached hydrogens (tertiary/aromatic N) is 1. The van der Waals surface area contributed by atoms with Gasteiger partial charge in [0.15, 0.2) is 0 Å². The topological polar surface area (TPSA) is 12.4 Å². The Hall–Kier alpha value is -2.41. The predicted molar refractivity (Wildman–Crippen MR) is 86.5 cm³/mol. The molecule has 98 valence electrons. The number of hydrogen-bond acceptors (Lipinski definition) is 1. The summed E-state index contributed by atoms with van der Waals surface area (Å²) in [4.78, 5) is 4.56. The number of hydrogen-bond donors (Lipinski definition) is 0. The van der Waals surface area contributed by atoms with E-state index >= 15 is 0 Å². The summed E-state index contributed by atoms with van der Waals surface area (Å²) < 4.78 is 0. The van der Waals surface area contributed by atoms with E-state index in [-0.39, 0.29) is 0 Å². The summed E-state index contributed by atoms with van der Waals surface area (Å²) in [5.41, 5.74) is 6.15. The standard InChI is InChI=1S/C19H17N/c1-15-11-12-16(13-15)19-10-6-5-7-17(19)14-20-18-8-3-2-4-9-18/h2-11,13-14H,12H2,1H3/b20-14+. The summed E-state index contributed by atoms with van der Waals surface area (Å²) in [6.07, 6.45) is 7.50. The second-order valence-corrected chi connectivity index (χ2v) is 5.00. The van der Waals surface area contributed by atoms with Gasteiger partial charge in [-0.3, -0.25) is 4.99 Å². The molecule has 1 aliphatic carbocycles. The fraction of sp³-hybridized carbons (Fsp3) is 0.105. The predicted octanol–water partition coefficient (Wildman–Crippen LogP) is 5.17. The molecule has 0 bridgehead atoms. The van der Waals surface area contributed by atoms with E-state index in [9.17, 15) is 0 Å². The molecule has 0 N–H and O–H groups in total. The van der Waals surface area contributed by atoms with Crippen LogP contribution in [0.1, 0.15) is 24.5 Å². The van der Waals surface area contributed by atoms with E-state index in [1.165, 1.54) is 22.3 Å². The molecule has 0 saturated carbocycles. The highest BCUT2D eigenvalue weighted by Crippen LogP contribution is 2.28. The van der Waals surface area contributed by atoms with Gasteiger partial charge in [-0.05, 0) is 36.6 Å². The van der Waals surface area contributed by atoms with Crippen molar-refractivity contribution in [2.24, 2.45) is 4.99 Å². The number of allylic oxidation sites excluding steroid dienone is 4. The van der Waals surface area contributed by atoms with Gasteiger partial charge in [-0.25, -0.2) is 0 Å². The number of aliphatic imine (C=N–C) groups is 1. The highest BCUT2D eigenvalue weighted by Gasteiger charge is 2.09. The Morgan fingerprint density at radius 3 is 2.45 bits per heavy atom. The lowest BCUT2D eigenvalue weighted by Gasteiger charge is -2.06. The van der Waals surface area contributed by atoms with Gasteiger partial charge >= 0.3 is 0 Å². The molecule has 0 radical (unpaired) electrons. The molecule has 0 atom stereocenters. The van der Waals surface area contributed by atoms with Crippen LogP contribution in [0.2, 0.25) is 0 Å². The average Bonchev–Trinajstić information content (AvgIpc) is 2.93. The van der Waals surface area contributed by atoms with Crippen LogP contribution in [0.4, 0.5) is 5.69 Å². The van der Waals surface area contributed by atoms with Crippen molar-refractivity contribution in [2.75, 3.05) is 0 Å². The summed E-state index contributed by atoms with van der Waals surface area (Å²) in [6.45, 7) is 2.15. The molecule has 1 nitrogen and oxygen atoms in total. The van der Waals surface area contributed by atoms with Crippen molar-refractivity contribution >= 4 is 17.5 Å². The highest BCUT2D eigenvalue weighted by atomic mass is 14.7. The van der Waals surface area contributed by atoms with Gasteiger partial charge in [0.1, 0.15) is 0 Å². The third-order valence-electron chi connectivity index (χ3n) is 3.46. The van der Waals surface area contributed by atoms with Gasteiger partial charge in [0.05, 0.1) is 5.69 Å². The fourth-order valence-electron chi connectivity index (χ4n) is 2.41. The van der Waals surface area contributed by atoms with E-state index in [1.807, 2.05) is 36.5 Å². The van der Waals surface area contributed by atoms with Crippen LogP contribution in [0.25, 0.3) is 5.57 Å². The molecule has 0 amide bonds. The van der Waals surface area contributed by atoms with Crippen LogP contribution in [-0.4, -0.2) is 6.21 Å². The molecule has 2 aromatic rings. The highest BCUT2D eigenvalue weighted by molar-refractivity contribution is 5.90. The lowest BCUT2D eigenvalue weighted by molar-refractivity contribution is 1.40. The molecule has 0 spiro atoms. The number of para-hydroxylation sites is 1. The van der Waals surface area contributed by atoms with Crippen LogP contribution < -0.4 is 0 Å². The van der Waals surface area contributed by atoms with Gasteiger partial charge in [0.25, 0.3) is 0 Å². The van der Waals surface area contributed by atoms with Crippen molar-refractivity contribution in [3.05, 3.63) is 83.4 Å². The van der Waals surface area contributed by atoms with Crippen LogP contribution >= 0.6 is 0 Å². The Morgan fingerprint density at radius 1 is 0.950 bits per heavy atom. The lowest BCUT2D eigenvalue weighted by Crippen LogP contribution is -1.90. The molecular formula is C19H17N. The van der Waals surface area contributed by atoms with Crippen molar-refractivity contribution in [2.45, 2.75) is 13.3 Å². The Balaban J connectivity index is 1.91. The van der Waals surface area contributed by atoms with Gasteiger partial charge in [0, 0.05) is 11.8 Å². The van der Waals surface area contributed by atoms with Crippen molar-refractivity contribution < 1.29 is 0 Å². The van der Waals surface area contributed by atoms with Gasteiger partial charge in [0.2, 0.25) is 0 Å². The molecule has 20 heavy (non-hydrogen) atoms. The molecule has 0 saturated heterocycles. The van der Waals surface area contributed by atoms with E-state index in [1.54, 1.807) is 0 Å². The zero-order chi connectivity index (χ0) is 13.8. The van der Waals surface area contributed by atoms with Crippen LogP contribution in [0.3, 0.4) is 0 Å². The van der Waals surface area contributed by atoms with Crippen molar-refractivity contribution in [1.82, 2.24) is 0 Å². The zero-order valence-electron chi connectivity index (χ0n) is 11.6. The quantitative estimate of drug-likeness (QED) is 0.674. The number of rotatable bonds is 3. The Labute approximate surface area is 120 Å². The molecule has 1 aliphatic rings. The van der Waals surface area contributed by atoms with E-state index in [0.717, 1.165) is 12.1 Å². The van der Waals surface area contributed by atoms with E-state index in [2.05, 4.69) is 48.3 Å². The molecule has 0 heterocycles. The molecule has 0 fully saturated rings. The van der Waals surface area contributed by atoms with E-state index < -0.39 is 0 Å². The molecule has 0 aliphatic heterocycles. The summed E-state index contributed by atoms with van der Waals surface area (Å²) in [5, 5.41) is 0. The van der Waals surface area contributed by atoms with Gasteiger partial charge in [-0.2, -0.15) is 0 Å². The van der Waals surface area contributed by atoms with E-state index in [4.69, 9.17) is 0 Å². The lowest BCUT2D eigenvalue weighted by atomic mass is 9.99. The summed E-state index contributed by atoms with van der Waals surface area (Å²) in [7, 11) is 0. The second-order valence-electron chi connectivity index (χ2n) is 5.00. The zero-order valence-corrected chi connectivity index (χ0v) is 11.6. The summed E-state index contributed by atoms with van der Waals surface area (Å²) in [6, 6.07) is 18.5. The third kappa shape index (κ3) is 2.77. The first-order chi connectivity index (χ1) is 9.83. The maximum absolute atomic E-state index is 4.56. The van der Waals surface area contributed by atoms with Crippen LogP contribution in [0.5, 0.6) is 0 Å².